The number of carboxylic acids is 1. The van der Waals surface area contributed by atoms with Crippen molar-refractivity contribution in [1.82, 2.24) is 5.01 Å². The van der Waals surface area contributed by atoms with Crippen molar-refractivity contribution < 1.29 is 24.0 Å². The van der Waals surface area contributed by atoms with E-state index in [0.717, 1.165) is 17.1 Å². The second-order valence-corrected chi connectivity index (χ2v) is 4.23. The minimum Gasteiger partial charge on any atom is -0.548 e. The minimum atomic E-state index is -1.25. The molecule has 9 nitrogen and oxygen atoms in total. The molecule has 0 bridgehead atoms. The Morgan fingerprint density at radius 3 is 2.90 bits per heavy atom. The Bertz CT molecular complexity index is 485. The number of ether oxygens (including phenoxy) is 1. The molecular formula is C10H13N4O5S-. The molecule has 0 fully saturated rings. The van der Waals surface area contributed by atoms with Crippen molar-refractivity contribution in [2.24, 2.45) is 16.2 Å². The average Bonchev–Trinajstić information content (AvgIpc) is 2.42. The first kappa shape index (κ1) is 16.2. The Hall–Kier alpha value is -1.88. The van der Waals surface area contributed by atoms with Gasteiger partial charge < -0.3 is 14.6 Å². The van der Waals surface area contributed by atoms with Crippen molar-refractivity contribution in [3.8, 4) is 5.75 Å². The highest BCUT2D eigenvalue weighted by atomic mass is 32.2. The van der Waals surface area contributed by atoms with E-state index in [0.29, 0.717) is 16.3 Å². The SMILES string of the molecule is COc1ccc(SOON)cc1N=NN(C)CC(=O)[O-]. The maximum Gasteiger partial charge on any atom is 0.146 e. The van der Waals surface area contributed by atoms with Gasteiger partial charge in [-0.05, 0) is 18.2 Å². The number of carbonyl (C=O) groups excluding carboxylic acids is 1. The van der Waals surface area contributed by atoms with Crippen molar-refractivity contribution in [3.05, 3.63) is 18.2 Å². The molecule has 1 aromatic carbocycles. The fourth-order valence-electron chi connectivity index (χ4n) is 1.20. The lowest BCUT2D eigenvalue weighted by molar-refractivity contribution is -0.306. The number of nitrogens with zero attached hydrogens (tertiary/aromatic N) is 3. The van der Waals surface area contributed by atoms with Crippen LogP contribution in [0.5, 0.6) is 5.75 Å². The summed E-state index contributed by atoms with van der Waals surface area (Å²) in [7, 11) is 2.93. The van der Waals surface area contributed by atoms with Gasteiger partial charge in [0.2, 0.25) is 0 Å². The Morgan fingerprint density at radius 2 is 2.30 bits per heavy atom. The fourth-order valence-corrected chi connectivity index (χ4v) is 1.60. The van der Waals surface area contributed by atoms with Crippen LogP contribution in [0.3, 0.4) is 0 Å². The number of benzene rings is 1. The van der Waals surface area contributed by atoms with Crippen LogP contribution in [0.1, 0.15) is 0 Å². The third-order valence-electron chi connectivity index (χ3n) is 1.98. The third-order valence-corrected chi connectivity index (χ3v) is 2.58. The van der Waals surface area contributed by atoms with Gasteiger partial charge in [0, 0.05) is 11.9 Å². The van der Waals surface area contributed by atoms with Gasteiger partial charge >= 0.3 is 0 Å². The zero-order valence-electron chi connectivity index (χ0n) is 10.8. The van der Waals surface area contributed by atoms with Gasteiger partial charge in [-0.2, -0.15) is 5.90 Å². The molecule has 0 spiro atoms. The van der Waals surface area contributed by atoms with Gasteiger partial charge in [0.05, 0.1) is 31.7 Å². The van der Waals surface area contributed by atoms with Gasteiger partial charge in [0.1, 0.15) is 11.4 Å². The molecule has 10 heteroatoms. The van der Waals surface area contributed by atoms with Crippen LogP contribution in [0.4, 0.5) is 5.69 Å². The van der Waals surface area contributed by atoms with E-state index >= 15 is 0 Å². The van der Waals surface area contributed by atoms with E-state index in [4.69, 9.17) is 10.6 Å². The van der Waals surface area contributed by atoms with E-state index in [2.05, 4.69) is 19.7 Å². The van der Waals surface area contributed by atoms with Crippen LogP contribution in [-0.4, -0.2) is 31.7 Å². The molecule has 0 amide bonds. The lowest BCUT2D eigenvalue weighted by Gasteiger charge is -2.11. The summed E-state index contributed by atoms with van der Waals surface area (Å²) in [6, 6.07) is 4.96. The Balaban J connectivity index is 2.84. The maximum atomic E-state index is 10.4. The van der Waals surface area contributed by atoms with Crippen LogP contribution in [-0.2, 0) is 14.1 Å². The number of aliphatic carboxylic acids is 1. The van der Waals surface area contributed by atoms with Crippen molar-refractivity contribution in [2.75, 3.05) is 20.7 Å². The fraction of sp³-hybridized carbons (Fsp3) is 0.300. The molecular weight excluding hydrogens is 288 g/mol. The summed E-state index contributed by atoms with van der Waals surface area (Å²) in [6.45, 7) is -0.371. The predicted molar refractivity (Wildman–Crippen MR) is 67.4 cm³/mol. The summed E-state index contributed by atoms with van der Waals surface area (Å²) in [5, 5.41) is 19.1. The second-order valence-electron chi connectivity index (χ2n) is 3.46. The Morgan fingerprint density at radius 1 is 1.55 bits per heavy atom. The molecule has 20 heavy (non-hydrogen) atoms. The van der Waals surface area contributed by atoms with Crippen LogP contribution in [0.15, 0.2) is 33.4 Å². The van der Waals surface area contributed by atoms with Crippen LogP contribution in [0.2, 0.25) is 0 Å². The van der Waals surface area contributed by atoms with E-state index in [-0.39, 0.29) is 6.54 Å². The molecule has 0 saturated carbocycles. The van der Waals surface area contributed by atoms with Gasteiger partial charge in [-0.3, -0.25) is 5.01 Å². The lowest BCUT2D eigenvalue weighted by atomic mass is 10.3. The third kappa shape index (κ3) is 5.40. The zero-order chi connectivity index (χ0) is 15.0. The summed E-state index contributed by atoms with van der Waals surface area (Å²) in [6.07, 6.45) is 0. The van der Waals surface area contributed by atoms with E-state index < -0.39 is 5.97 Å². The number of carboxylic acid groups (broad SMARTS) is 1. The highest BCUT2D eigenvalue weighted by Crippen LogP contribution is 2.32. The summed E-state index contributed by atoms with van der Waals surface area (Å²) >= 11 is 0.877. The molecule has 0 aliphatic rings. The number of rotatable bonds is 8. The highest BCUT2D eigenvalue weighted by molar-refractivity contribution is 7.94. The normalized spacial score (nSPS) is 10.8. The van der Waals surface area contributed by atoms with Crippen molar-refractivity contribution in [3.63, 3.8) is 0 Å². The topological polar surface area (TPSA) is 122 Å². The molecule has 1 rings (SSSR count). The number of methoxy groups -OCH3 is 1. The van der Waals surface area contributed by atoms with Crippen LogP contribution in [0, 0.1) is 0 Å². The molecule has 110 valence electrons. The Kier molecular flexibility index (Phi) is 6.73. The smallest absolute Gasteiger partial charge is 0.146 e. The number of likely N-dealkylation sites (N-methyl/N-ethyl adjacent to an activating group) is 1. The van der Waals surface area contributed by atoms with Gasteiger partial charge in [-0.1, -0.05) is 5.22 Å². The first-order valence-electron chi connectivity index (χ1n) is 5.27. The molecule has 0 aromatic heterocycles. The number of nitrogens with two attached hydrogens (primary N) is 1. The van der Waals surface area contributed by atoms with Gasteiger partial charge in [0.15, 0.2) is 0 Å². The molecule has 0 unspecified atom stereocenters. The van der Waals surface area contributed by atoms with Crippen LogP contribution >= 0.6 is 12.0 Å². The van der Waals surface area contributed by atoms with Crippen LogP contribution < -0.4 is 15.7 Å². The molecule has 0 aliphatic carbocycles. The molecule has 2 N–H and O–H groups in total. The lowest BCUT2D eigenvalue weighted by Crippen LogP contribution is -2.33. The predicted octanol–water partition coefficient (Wildman–Crippen LogP) is 0.205. The number of hydrogen-bond donors (Lipinski definition) is 1. The van der Waals surface area contributed by atoms with Crippen LogP contribution in [0.25, 0.3) is 0 Å². The number of carbonyl (C=O) groups is 1. The van der Waals surface area contributed by atoms with E-state index in [9.17, 15) is 9.90 Å². The summed E-state index contributed by atoms with van der Waals surface area (Å²) < 4.78 is 9.62. The van der Waals surface area contributed by atoms with E-state index in [1.165, 1.54) is 14.2 Å². The Labute approximate surface area is 119 Å². The van der Waals surface area contributed by atoms with Crippen molar-refractivity contribution in [2.45, 2.75) is 4.90 Å². The number of hydrogen-bond acceptors (Lipinski definition) is 9. The molecule has 0 aliphatic heterocycles. The molecule has 0 saturated heterocycles. The molecule has 0 radical (unpaired) electrons. The summed E-state index contributed by atoms with van der Waals surface area (Å²) in [4.78, 5) is 15.0. The second kappa shape index (κ2) is 8.32. The van der Waals surface area contributed by atoms with Gasteiger partial charge in [0.25, 0.3) is 0 Å². The van der Waals surface area contributed by atoms with Gasteiger partial charge in [-0.25, -0.2) is 0 Å². The zero-order valence-corrected chi connectivity index (χ0v) is 11.6. The monoisotopic (exact) mass is 301 g/mol. The molecule has 0 heterocycles. The quantitative estimate of drug-likeness (QED) is 0.313. The summed E-state index contributed by atoms with van der Waals surface area (Å²) in [5.74, 6) is 3.95. The molecule has 0 atom stereocenters. The minimum absolute atomic E-state index is 0.371. The standard InChI is InChI=1S/C10H14N4O5S/c1-14(6-10(15)16)13-12-8-5-7(20-19-18-11)3-4-9(8)17-2/h3-5H,6,11H2,1-2H3,(H,15,16)/p-1. The first-order valence-corrected chi connectivity index (χ1v) is 6.01. The van der Waals surface area contributed by atoms with Gasteiger partial charge in [-0.15, -0.1) is 14.4 Å². The van der Waals surface area contributed by atoms with E-state index in [1.807, 2.05) is 0 Å². The average molecular weight is 301 g/mol. The molecule has 1 aromatic rings. The van der Waals surface area contributed by atoms with Crippen molar-refractivity contribution in [1.29, 1.82) is 0 Å². The largest absolute Gasteiger partial charge is 0.548 e. The summed E-state index contributed by atoms with van der Waals surface area (Å²) in [5.41, 5.74) is 0.392. The van der Waals surface area contributed by atoms with Crippen molar-refractivity contribution >= 4 is 23.7 Å². The van der Waals surface area contributed by atoms with E-state index in [1.54, 1.807) is 18.2 Å². The maximum absolute atomic E-state index is 10.4. The first-order chi connectivity index (χ1) is 9.56. The highest BCUT2D eigenvalue weighted by Gasteiger charge is 2.06.